The Bertz CT molecular complexity index is 1470. The molecule has 4 aromatic heterocycles. The highest BCUT2D eigenvalue weighted by atomic mass is 19.4. The molecule has 13 heteroatoms. The van der Waals surface area contributed by atoms with Crippen molar-refractivity contribution in [3.05, 3.63) is 48.1 Å². The van der Waals surface area contributed by atoms with Crippen molar-refractivity contribution < 1.29 is 31.5 Å². The van der Waals surface area contributed by atoms with E-state index in [2.05, 4.69) is 15.1 Å². The van der Waals surface area contributed by atoms with Crippen molar-refractivity contribution in [3.8, 4) is 11.4 Å². The van der Waals surface area contributed by atoms with Crippen molar-refractivity contribution >= 4 is 22.5 Å². The Morgan fingerprint density at radius 1 is 1.14 bits per heavy atom. The van der Waals surface area contributed by atoms with Gasteiger partial charge in [0, 0.05) is 42.9 Å². The van der Waals surface area contributed by atoms with Gasteiger partial charge in [0.15, 0.2) is 11.5 Å². The van der Waals surface area contributed by atoms with Gasteiger partial charge in [-0.1, -0.05) is 0 Å². The SMILES string of the molecule is O=C(c1cc2c(cn1)c(-c1cnc3c(F)cc(F)cn13)nn2CC(F)(F)F)N1CC2COC(C2)C1. The summed E-state index contributed by atoms with van der Waals surface area (Å²) < 4.78 is 75.4. The van der Waals surface area contributed by atoms with Crippen molar-refractivity contribution in [1.29, 1.82) is 0 Å². The van der Waals surface area contributed by atoms with Gasteiger partial charge in [-0.3, -0.25) is 18.9 Å². The number of hydrogen-bond acceptors (Lipinski definition) is 5. The molecular weight excluding hydrogens is 475 g/mol. The van der Waals surface area contributed by atoms with Gasteiger partial charge in [-0.05, 0) is 12.5 Å². The predicted molar refractivity (Wildman–Crippen MR) is 111 cm³/mol. The molecule has 0 radical (unpaired) electrons. The zero-order chi connectivity index (χ0) is 24.5. The van der Waals surface area contributed by atoms with Crippen LogP contribution in [0.5, 0.6) is 0 Å². The first-order valence-electron chi connectivity index (χ1n) is 10.8. The summed E-state index contributed by atoms with van der Waals surface area (Å²) in [5.74, 6) is -2.01. The number of rotatable bonds is 3. The van der Waals surface area contributed by atoms with Crippen molar-refractivity contribution in [3.63, 3.8) is 0 Å². The lowest BCUT2D eigenvalue weighted by Gasteiger charge is -2.30. The molecule has 2 bridgehead atoms. The van der Waals surface area contributed by atoms with Gasteiger partial charge in [0.1, 0.15) is 23.7 Å². The zero-order valence-corrected chi connectivity index (χ0v) is 18.0. The molecule has 0 saturated carbocycles. The molecule has 0 aliphatic carbocycles. The fraction of sp³-hybridized carbons (Fsp3) is 0.364. The van der Waals surface area contributed by atoms with E-state index in [4.69, 9.17) is 4.74 Å². The second kappa shape index (κ2) is 7.70. The molecular formula is C22H17F5N6O2. The van der Waals surface area contributed by atoms with Crippen LogP contribution in [0.2, 0.25) is 0 Å². The summed E-state index contributed by atoms with van der Waals surface area (Å²) in [6.45, 7) is 0.0214. The fourth-order valence-electron chi connectivity index (χ4n) is 4.85. The first-order valence-corrected chi connectivity index (χ1v) is 10.8. The minimum atomic E-state index is -4.61. The highest BCUT2D eigenvalue weighted by molar-refractivity contribution is 5.99. The van der Waals surface area contributed by atoms with Crippen LogP contribution in [-0.4, -0.2) is 66.9 Å². The lowest BCUT2D eigenvalue weighted by molar-refractivity contribution is -0.141. The minimum Gasteiger partial charge on any atom is -0.376 e. The Labute approximate surface area is 193 Å². The number of fused-ring (bicyclic) bond motifs is 4. The Hall–Kier alpha value is -3.61. The maximum Gasteiger partial charge on any atom is 0.408 e. The average molecular weight is 492 g/mol. The van der Waals surface area contributed by atoms with Crippen LogP contribution in [0.1, 0.15) is 16.9 Å². The second-order valence-corrected chi connectivity index (χ2v) is 8.82. The van der Waals surface area contributed by atoms with Crippen LogP contribution >= 0.6 is 0 Å². The van der Waals surface area contributed by atoms with Crippen LogP contribution in [0.3, 0.4) is 0 Å². The van der Waals surface area contributed by atoms with Crippen LogP contribution in [0.15, 0.2) is 30.7 Å². The number of likely N-dealkylation sites (tertiary alicyclic amines) is 1. The lowest BCUT2D eigenvalue weighted by atomic mass is 10.00. The number of piperidine rings is 1. The van der Waals surface area contributed by atoms with Gasteiger partial charge in [-0.2, -0.15) is 18.3 Å². The monoisotopic (exact) mass is 492 g/mol. The average Bonchev–Trinajstić information content (AvgIpc) is 3.47. The lowest BCUT2D eigenvalue weighted by Crippen LogP contribution is -2.43. The number of ether oxygens (including phenoxy) is 1. The van der Waals surface area contributed by atoms with Gasteiger partial charge in [-0.25, -0.2) is 13.8 Å². The van der Waals surface area contributed by atoms with Gasteiger partial charge in [0.2, 0.25) is 0 Å². The van der Waals surface area contributed by atoms with E-state index in [0.29, 0.717) is 30.4 Å². The number of amides is 1. The number of halogens is 5. The van der Waals surface area contributed by atoms with Gasteiger partial charge in [0.05, 0.1) is 30.1 Å². The molecule has 6 rings (SSSR count). The number of aromatic nitrogens is 5. The maximum atomic E-state index is 14.1. The molecule has 2 aliphatic rings. The standard InChI is InChI=1S/C22H17F5N6O2/c23-12-2-15(24)20-29-5-18(32(20)7-12)19-14-4-28-16(3-17(14)33(30-19)10-22(25,26)27)21(34)31-6-11-1-13(8-31)35-9-11/h2-5,7,11,13H,1,6,8-10H2. The molecule has 2 fully saturated rings. The smallest absolute Gasteiger partial charge is 0.376 e. The summed E-state index contributed by atoms with van der Waals surface area (Å²) in [6.07, 6.45) is -0.377. The highest BCUT2D eigenvalue weighted by Crippen LogP contribution is 2.32. The zero-order valence-electron chi connectivity index (χ0n) is 18.0. The number of pyridine rings is 2. The van der Waals surface area contributed by atoms with Crippen molar-refractivity contribution in [2.45, 2.75) is 25.2 Å². The first kappa shape index (κ1) is 21.9. The molecule has 0 N–H and O–H groups in total. The summed E-state index contributed by atoms with van der Waals surface area (Å²) >= 11 is 0. The summed E-state index contributed by atoms with van der Waals surface area (Å²) in [7, 11) is 0. The molecule has 4 aromatic rings. The highest BCUT2D eigenvalue weighted by Gasteiger charge is 2.37. The largest absolute Gasteiger partial charge is 0.408 e. The number of imidazole rings is 1. The molecule has 2 unspecified atom stereocenters. The maximum absolute atomic E-state index is 14.1. The third-order valence-corrected chi connectivity index (χ3v) is 6.31. The van der Waals surface area contributed by atoms with E-state index in [0.717, 1.165) is 17.0 Å². The fourth-order valence-corrected chi connectivity index (χ4v) is 4.85. The molecule has 0 spiro atoms. The predicted octanol–water partition coefficient (Wildman–Crippen LogP) is 3.45. The molecule has 0 aromatic carbocycles. The Morgan fingerprint density at radius 3 is 2.74 bits per heavy atom. The topological polar surface area (TPSA) is 77.6 Å². The second-order valence-electron chi connectivity index (χ2n) is 8.82. The van der Waals surface area contributed by atoms with Crippen LogP contribution < -0.4 is 0 Å². The van der Waals surface area contributed by atoms with Crippen LogP contribution in [0.25, 0.3) is 27.9 Å². The van der Waals surface area contributed by atoms with Gasteiger partial charge < -0.3 is 9.64 Å². The summed E-state index contributed by atoms with van der Waals surface area (Å²) in [6, 6.07) is 1.92. The molecule has 6 heterocycles. The van der Waals surface area contributed by atoms with Crippen LogP contribution in [-0.2, 0) is 11.3 Å². The normalized spacial score (nSPS) is 20.3. The van der Waals surface area contributed by atoms with E-state index < -0.39 is 30.3 Å². The number of hydrogen-bond donors (Lipinski definition) is 0. The summed E-state index contributed by atoms with van der Waals surface area (Å²) in [4.78, 5) is 22.8. The minimum absolute atomic E-state index is 0.00216. The third kappa shape index (κ3) is 3.79. The first-order chi connectivity index (χ1) is 16.7. The molecule has 2 saturated heterocycles. The van der Waals surface area contributed by atoms with E-state index in [-0.39, 0.29) is 45.7 Å². The van der Waals surface area contributed by atoms with E-state index in [1.165, 1.54) is 18.5 Å². The quantitative estimate of drug-likeness (QED) is 0.410. The van der Waals surface area contributed by atoms with Crippen LogP contribution in [0, 0.1) is 17.6 Å². The Morgan fingerprint density at radius 2 is 1.97 bits per heavy atom. The number of carbonyl (C=O) groups is 1. The van der Waals surface area contributed by atoms with Crippen molar-refractivity contribution in [2.24, 2.45) is 5.92 Å². The van der Waals surface area contributed by atoms with Gasteiger partial charge in [0.25, 0.3) is 5.91 Å². The van der Waals surface area contributed by atoms with E-state index >= 15 is 0 Å². The molecule has 8 nitrogen and oxygen atoms in total. The van der Waals surface area contributed by atoms with Crippen molar-refractivity contribution in [1.82, 2.24) is 29.0 Å². The Kier molecular flexibility index (Phi) is 4.82. The van der Waals surface area contributed by atoms with E-state index in [1.807, 2.05) is 0 Å². The molecule has 35 heavy (non-hydrogen) atoms. The van der Waals surface area contributed by atoms with Crippen molar-refractivity contribution in [2.75, 3.05) is 19.7 Å². The van der Waals surface area contributed by atoms with Crippen LogP contribution in [0.4, 0.5) is 22.0 Å². The number of alkyl halides is 3. The Balaban J connectivity index is 1.47. The molecule has 2 atom stereocenters. The third-order valence-electron chi connectivity index (χ3n) is 6.31. The van der Waals surface area contributed by atoms with E-state index in [1.54, 1.807) is 4.90 Å². The summed E-state index contributed by atoms with van der Waals surface area (Å²) in [5, 5.41) is 4.26. The molecule has 2 aliphatic heterocycles. The van der Waals surface area contributed by atoms with Gasteiger partial charge in [-0.15, -0.1) is 0 Å². The van der Waals surface area contributed by atoms with Gasteiger partial charge >= 0.3 is 6.18 Å². The molecule has 182 valence electrons. The number of carbonyl (C=O) groups excluding carboxylic acids is 1. The summed E-state index contributed by atoms with van der Waals surface area (Å²) in [5.41, 5.74) is -0.142. The molecule has 1 amide bonds. The van der Waals surface area contributed by atoms with E-state index in [9.17, 15) is 26.7 Å². The number of nitrogens with zero attached hydrogens (tertiary/aromatic N) is 6.